The van der Waals surface area contributed by atoms with Gasteiger partial charge in [0.25, 0.3) is 0 Å². The lowest BCUT2D eigenvalue weighted by Gasteiger charge is -2.14. The number of nitrogens with one attached hydrogen (secondary N) is 1. The van der Waals surface area contributed by atoms with Crippen LogP contribution in [0.5, 0.6) is 0 Å². The van der Waals surface area contributed by atoms with Crippen molar-refractivity contribution < 1.29 is 13.2 Å². The van der Waals surface area contributed by atoms with Crippen LogP contribution in [0.3, 0.4) is 0 Å². The number of hydrogen-bond acceptors (Lipinski definition) is 2. The molecule has 0 fully saturated rings. The van der Waals surface area contributed by atoms with Crippen LogP contribution in [0.25, 0.3) is 0 Å². The Morgan fingerprint density at radius 3 is 2.80 bits per heavy atom. The first kappa shape index (κ1) is 13.4. The van der Waals surface area contributed by atoms with E-state index in [4.69, 9.17) is 0 Å². The fraction of sp³-hybridized carbons (Fsp3) is 0.200. The fourth-order valence-corrected chi connectivity index (χ4v) is 3.57. The summed E-state index contributed by atoms with van der Waals surface area (Å²) in [5.41, 5.74) is 1.07. The number of benzene rings is 2. The van der Waals surface area contributed by atoms with Gasteiger partial charge in [-0.3, -0.25) is 0 Å². The Balaban J connectivity index is 1.75. The molecule has 0 bridgehead atoms. The third-order valence-electron chi connectivity index (χ3n) is 3.33. The third kappa shape index (κ3) is 2.50. The Hall–Kier alpha value is -1.62. The molecule has 5 heteroatoms. The van der Waals surface area contributed by atoms with Crippen LogP contribution in [-0.2, 0) is 0 Å². The van der Waals surface area contributed by atoms with Gasteiger partial charge >= 0.3 is 0 Å². The molecule has 2 aromatic rings. The summed E-state index contributed by atoms with van der Waals surface area (Å²) in [6.07, 6.45) is 0. The molecule has 1 N–H and O–H groups in total. The van der Waals surface area contributed by atoms with E-state index in [0.29, 0.717) is 12.6 Å². The molecule has 1 nitrogen and oxygen atoms in total. The molecule has 0 spiro atoms. The predicted molar refractivity (Wildman–Crippen MR) is 74.7 cm³/mol. The van der Waals surface area contributed by atoms with Crippen LogP contribution in [0.4, 0.5) is 18.9 Å². The van der Waals surface area contributed by atoms with Gasteiger partial charge < -0.3 is 5.32 Å². The first-order valence-corrected chi connectivity index (χ1v) is 7.24. The second-order valence-electron chi connectivity index (χ2n) is 4.68. The maximum absolute atomic E-state index is 13.5. The van der Waals surface area contributed by atoms with Gasteiger partial charge in [-0.2, -0.15) is 0 Å². The van der Waals surface area contributed by atoms with Crippen molar-refractivity contribution in [2.24, 2.45) is 0 Å². The van der Waals surface area contributed by atoms with Gasteiger partial charge in [0.05, 0.1) is 5.69 Å². The highest BCUT2D eigenvalue weighted by Gasteiger charge is 2.23. The molecule has 0 radical (unpaired) electrons. The molecule has 1 atom stereocenters. The smallest absolute Gasteiger partial charge is 0.182 e. The van der Waals surface area contributed by atoms with Gasteiger partial charge in [0.1, 0.15) is 5.82 Å². The molecule has 3 rings (SSSR count). The molecule has 1 unspecified atom stereocenters. The van der Waals surface area contributed by atoms with Crippen molar-refractivity contribution in [1.82, 2.24) is 0 Å². The number of fused-ring (bicyclic) bond motifs is 1. The summed E-state index contributed by atoms with van der Waals surface area (Å²) in [6, 6.07) is 9.53. The number of halogens is 3. The Kier molecular flexibility index (Phi) is 3.61. The van der Waals surface area contributed by atoms with E-state index in [0.717, 1.165) is 11.8 Å². The monoisotopic (exact) mass is 295 g/mol. The summed E-state index contributed by atoms with van der Waals surface area (Å²) in [6.45, 7) is 0.448. The van der Waals surface area contributed by atoms with Crippen LogP contribution in [0.1, 0.15) is 11.5 Å². The zero-order valence-electron chi connectivity index (χ0n) is 10.5. The van der Waals surface area contributed by atoms with Crippen LogP contribution in [-0.4, -0.2) is 12.3 Å². The molecule has 1 aliphatic rings. The lowest BCUT2D eigenvalue weighted by atomic mass is 10.0. The van der Waals surface area contributed by atoms with E-state index in [-0.39, 0.29) is 11.6 Å². The summed E-state index contributed by atoms with van der Waals surface area (Å²) < 4.78 is 39.8. The van der Waals surface area contributed by atoms with Gasteiger partial charge in [-0.25, -0.2) is 13.2 Å². The maximum atomic E-state index is 13.5. The predicted octanol–water partition coefficient (Wildman–Crippen LogP) is 4.41. The van der Waals surface area contributed by atoms with Crippen molar-refractivity contribution in [3.63, 3.8) is 0 Å². The lowest BCUT2D eigenvalue weighted by Crippen LogP contribution is -2.13. The van der Waals surface area contributed by atoms with Crippen molar-refractivity contribution in [2.45, 2.75) is 10.8 Å². The topological polar surface area (TPSA) is 12.0 Å². The van der Waals surface area contributed by atoms with E-state index in [1.165, 1.54) is 10.5 Å². The van der Waals surface area contributed by atoms with Crippen molar-refractivity contribution in [1.29, 1.82) is 0 Å². The SMILES string of the molecule is Fc1cc(F)c(F)c(NCC2CSc3ccccc32)c1. The Labute approximate surface area is 119 Å². The van der Waals surface area contributed by atoms with Crippen LogP contribution in [0.2, 0.25) is 0 Å². The summed E-state index contributed by atoms with van der Waals surface area (Å²) in [7, 11) is 0. The van der Waals surface area contributed by atoms with E-state index in [1.807, 2.05) is 24.3 Å². The Bertz CT molecular complexity index is 645. The summed E-state index contributed by atoms with van der Waals surface area (Å²) >= 11 is 1.74. The summed E-state index contributed by atoms with van der Waals surface area (Å²) in [4.78, 5) is 1.21. The molecule has 104 valence electrons. The van der Waals surface area contributed by atoms with Gasteiger partial charge in [-0.1, -0.05) is 18.2 Å². The van der Waals surface area contributed by atoms with E-state index >= 15 is 0 Å². The molecule has 2 aromatic carbocycles. The van der Waals surface area contributed by atoms with E-state index in [1.54, 1.807) is 11.8 Å². The Morgan fingerprint density at radius 2 is 1.95 bits per heavy atom. The van der Waals surface area contributed by atoms with Crippen LogP contribution >= 0.6 is 11.8 Å². The van der Waals surface area contributed by atoms with Crippen molar-refractivity contribution in [3.8, 4) is 0 Å². The highest BCUT2D eigenvalue weighted by Crippen LogP contribution is 2.39. The normalized spacial score (nSPS) is 17.1. The second-order valence-corrected chi connectivity index (χ2v) is 5.74. The first-order chi connectivity index (χ1) is 9.65. The molecule has 0 saturated carbocycles. The molecular weight excluding hydrogens is 283 g/mol. The summed E-state index contributed by atoms with van der Waals surface area (Å²) in [5, 5.41) is 2.81. The van der Waals surface area contributed by atoms with Crippen molar-refractivity contribution in [3.05, 3.63) is 59.4 Å². The average Bonchev–Trinajstić information content (AvgIpc) is 2.84. The van der Waals surface area contributed by atoms with Crippen LogP contribution in [0, 0.1) is 17.5 Å². The van der Waals surface area contributed by atoms with Gasteiger partial charge in [-0.05, 0) is 11.6 Å². The minimum Gasteiger partial charge on any atom is -0.382 e. The zero-order valence-corrected chi connectivity index (χ0v) is 11.3. The maximum Gasteiger partial charge on any atom is 0.182 e. The highest BCUT2D eigenvalue weighted by atomic mass is 32.2. The average molecular weight is 295 g/mol. The van der Waals surface area contributed by atoms with Gasteiger partial charge in [0.2, 0.25) is 0 Å². The molecule has 0 saturated heterocycles. The van der Waals surface area contributed by atoms with Crippen LogP contribution < -0.4 is 5.32 Å². The van der Waals surface area contributed by atoms with Gasteiger partial charge in [-0.15, -0.1) is 11.8 Å². The van der Waals surface area contributed by atoms with Gasteiger partial charge in [0.15, 0.2) is 11.6 Å². The lowest BCUT2D eigenvalue weighted by molar-refractivity contribution is 0.497. The largest absolute Gasteiger partial charge is 0.382 e. The first-order valence-electron chi connectivity index (χ1n) is 6.25. The summed E-state index contributed by atoms with van der Waals surface area (Å²) in [5.74, 6) is -1.90. The molecule has 0 amide bonds. The van der Waals surface area contributed by atoms with E-state index in [2.05, 4.69) is 5.32 Å². The van der Waals surface area contributed by atoms with E-state index in [9.17, 15) is 13.2 Å². The minimum absolute atomic E-state index is 0.128. The molecule has 20 heavy (non-hydrogen) atoms. The molecule has 0 aliphatic carbocycles. The molecule has 1 aliphatic heterocycles. The molecular formula is C15H12F3NS. The van der Waals surface area contributed by atoms with Crippen molar-refractivity contribution >= 4 is 17.4 Å². The minimum atomic E-state index is -1.17. The van der Waals surface area contributed by atoms with Crippen molar-refractivity contribution in [2.75, 3.05) is 17.6 Å². The number of anilines is 1. The highest BCUT2D eigenvalue weighted by molar-refractivity contribution is 7.99. The van der Waals surface area contributed by atoms with Crippen LogP contribution in [0.15, 0.2) is 41.3 Å². The third-order valence-corrected chi connectivity index (χ3v) is 4.58. The number of hydrogen-bond donors (Lipinski definition) is 1. The van der Waals surface area contributed by atoms with Gasteiger partial charge in [0, 0.05) is 35.2 Å². The number of rotatable bonds is 3. The Morgan fingerprint density at radius 1 is 1.15 bits per heavy atom. The molecule has 0 aromatic heterocycles. The molecule has 1 heterocycles. The number of thioether (sulfide) groups is 1. The van der Waals surface area contributed by atoms with E-state index < -0.39 is 17.5 Å². The quantitative estimate of drug-likeness (QED) is 0.842. The standard InChI is InChI=1S/C15H12F3NS/c16-10-5-12(17)15(18)13(6-10)19-7-9-8-20-14-4-2-1-3-11(9)14/h1-6,9,19H,7-8H2. The zero-order chi connectivity index (χ0) is 14.1. The fourth-order valence-electron chi connectivity index (χ4n) is 2.32. The second kappa shape index (κ2) is 5.40.